The second-order valence-electron chi connectivity index (χ2n) is 14.6. The number of ether oxygens (including phenoxy) is 1. The summed E-state index contributed by atoms with van der Waals surface area (Å²) < 4.78 is 10.5. The van der Waals surface area contributed by atoms with Gasteiger partial charge in [0.15, 0.2) is 0 Å². The standard InChI is InChI=1S/C49H40N2O2.H2/c1-4-49(2,3)37-24-18-36(19-25-37)48(52)53-32-33-17-30-47-43(31-33)42-13-7-10-16-46(42)51(47)39-28-22-35(23-29-39)34-20-26-38(27-21-34)50-44-14-8-5-11-40(44)41-12-6-9-15-45(41)50;/h5-31H,4,32H2,1-3H3;1H. The van der Waals surface area contributed by atoms with Crippen molar-refractivity contribution in [3.63, 3.8) is 0 Å². The summed E-state index contributed by atoms with van der Waals surface area (Å²) in [6.07, 6.45) is 1.03. The molecule has 9 aromatic rings. The highest BCUT2D eigenvalue weighted by Gasteiger charge is 2.19. The number of hydrogen-bond donors (Lipinski definition) is 0. The lowest BCUT2D eigenvalue weighted by atomic mass is 9.82. The van der Waals surface area contributed by atoms with Crippen LogP contribution in [-0.4, -0.2) is 15.1 Å². The summed E-state index contributed by atoms with van der Waals surface area (Å²) in [5.41, 5.74) is 12.1. The molecule has 0 amide bonds. The lowest BCUT2D eigenvalue weighted by Crippen LogP contribution is -2.15. The van der Waals surface area contributed by atoms with E-state index in [0.717, 1.165) is 50.7 Å². The van der Waals surface area contributed by atoms with Gasteiger partial charge in [0, 0.05) is 34.3 Å². The molecule has 0 atom stereocenters. The van der Waals surface area contributed by atoms with Crippen LogP contribution in [0.25, 0.3) is 66.1 Å². The maximum absolute atomic E-state index is 13.0. The van der Waals surface area contributed by atoms with Crippen LogP contribution in [0.1, 0.15) is 50.1 Å². The second kappa shape index (κ2) is 13.0. The number of aromatic nitrogens is 2. The molecule has 0 N–H and O–H groups in total. The molecule has 0 saturated carbocycles. The van der Waals surface area contributed by atoms with Crippen LogP contribution in [0.5, 0.6) is 0 Å². The van der Waals surface area contributed by atoms with Crippen LogP contribution in [0.4, 0.5) is 0 Å². The molecule has 0 unspecified atom stereocenters. The van der Waals surface area contributed by atoms with Gasteiger partial charge in [-0.2, -0.15) is 0 Å². The molecule has 4 heteroatoms. The fourth-order valence-electron chi connectivity index (χ4n) is 7.69. The zero-order valence-corrected chi connectivity index (χ0v) is 30.2. The van der Waals surface area contributed by atoms with Crippen molar-refractivity contribution in [1.82, 2.24) is 9.13 Å². The first-order valence-electron chi connectivity index (χ1n) is 18.4. The van der Waals surface area contributed by atoms with Crippen molar-refractivity contribution < 1.29 is 11.0 Å². The molecule has 9 rings (SSSR count). The van der Waals surface area contributed by atoms with E-state index >= 15 is 0 Å². The molecule has 4 nitrogen and oxygen atoms in total. The first-order valence-corrected chi connectivity index (χ1v) is 18.4. The maximum atomic E-state index is 13.0. The molecule has 0 bridgehead atoms. The normalized spacial score (nSPS) is 11.9. The van der Waals surface area contributed by atoms with Crippen molar-refractivity contribution in [2.75, 3.05) is 0 Å². The van der Waals surface area contributed by atoms with Crippen molar-refractivity contribution in [3.8, 4) is 22.5 Å². The Morgan fingerprint density at radius 3 is 1.49 bits per heavy atom. The highest BCUT2D eigenvalue weighted by atomic mass is 16.5. The Hall–Kier alpha value is -6.39. The number of para-hydroxylation sites is 3. The molecule has 0 saturated heterocycles. The smallest absolute Gasteiger partial charge is 0.338 e. The average Bonchev–Trinajstić information content (AvgIpc) is 3.73. The molecule has 7 aromatic carbocycles. The van der Waals surface area contributed by atoms with Gasteiger partial charge in [-0.05, 0) is 101 Å². The molecule has 2 aromatic heterocycles. The van der Waals surface area contributed by atoms with Crippen LogP contribution < -0.4 is 0 Å². The molecule has 0 aliphatic carbocycles. The fourth-order valence-corrected chi connectivity index (χ4v) is 7.69. The summed E-state index contributed by atoms with van der Waals surface area (Å²) in [5.74, 6) is -0.310. The summed E-state index contributed by atoms with van der Waals surface area (Å²) in [5, 5.41) is 4.82. The molecule has 0 spiro atoms. The zero-order chi connectivity index (χ0) is 36.1. The Morgan fingerprint density at radius 1 is 0.547 bits per heavy atom. The highest BCUT2D eigenvalue weighted by molar-refractivity contribution is 6.10. The Bertz CT molecular complexity index is 2740. The van der Waals surface area contributed by atoms with Crippen molar-refractivity contribution in [2.24, 2.45) is 0 Å². The number of carbonyl (C=O) groups is 1. The van der Waals surface area contributed by atoms with Crippen molar-refractivity contribution >= 4 is 49.6 Å². The summed E-state index contributed by atoms with van der Waals surface area (Å²) in [6.45, 7) is 6.83. The average molecular weight is 691 g/mol. The van der Waals surface area contributed by atoms with E-state index in [9.17, 15) is 4.79 Å². The molecule has 53 heavy (non-hydrogen) atoms. The monoisotopic (exact) mass is 690 g/mol. The van der Waals surface area contributed by atoms with Crippen LogP contribution >= 0.6 is 0 Å². The highest BCUT2D eigenvalue weighted by Crippen LogP contribution is 2.35. The first-order chi connectivity index (χ1) is 25.9. The van der Waals surface area contributed by atoms with Gasteiger partial charge in [-0.3, -0.25) is 0 Å². The van der Waals surface area contributed by atoms with E-state index in [2.05, 4.69) is 169 Å². The minimum atomic E-state index is -0.310. The second-order valence-corrected chi connectivity index (χ2v) is 14.6. The lowest BCUT2D eigenvalue weighted by Gasteiger charge is -2.23. The zero-order valence-electron chi connectivity index (χ0n) is 30.2. The molecule has 2 heterocycles. The molecular weight excluding hydrogens is 649 g/mol. The topological polar surface area (TPSA) is 36.2 Å². The van der Waals surface area contributed by atoms with Gasteiger partial charge in [-0.25, -0.2) is 4.79 Å². The van der Waals surface area contributed by atoms with Crippen LogP contribution in [0.15, 0.2) is 164 Å². The molecule has 260 valence electrons. The summed E-state index contributed by atoms with van der Waals surface area (Å²) in [4.78, 5) is 13.0. The Balaban J connectivity index is 0.00000413. The van der Waals surface area contributed by atoms with E-state index in [4.69, 9.17) is 4.74 Å². The van der Waals surface area contributed by atoms with Gasteiger partial charge in [-0.1, -0.05) is 118 Å². The molecule has 0 fully saturated rings. The van der Waals surface area contributed by atoms with Gasteiger partial charge in [0.05, 0.1) is 27.6 Å². The quantitative estimate of drug-likeness (QED) is 0.149. The van der Waals surface area contributed by atoms with Crippen molar-refractivity contribution in [3.05, 3.63) is 180 Å². The van der Waals surface area contributed by atoms with Crippen LogP contribution in [-0.2, 0) is 16.8 Å². The Kier molecular flexibility index (Phi) is 7.97. The van der Waals surface area contributed by atoms with Gasteiger partial charge in [-0.15, -0.1) is 0 Å². The number of nitrogens with zero attached hydrogens (tertiary/aromatic N) is 2. The number of carbonyl (C=O) groups excluding carboxylic acids is 1. The Morgan fingerprint density at radius 2 is 1.00 bits per heavy atom. The number of hydrogen-bond acceptors (Lipinski definition) is 2. The summed E-state index contributed by atoms with van der Waals surface area (Å²) in [7, 11) is 0. The van der Waals surface area contributed by atoms with Gasteiger partial charge >= 0.3 is 5.97 Å². The number of rotatable bonds is 8. The summed E-state index contributed by atoms with van der Waals surface area (Å²) >= 11 is 0. The van der Waals surface area contributed by atoms with E-state index in [1.54, 1.807) is 0 Å². The minimum Gasteiger partial charge on any atom is -0.457 e. The predicted octanol–water partition coefficient (Wildman–Crippen LogP) is 12.8. The third-order valence-corrected chi connectivity index (χ3v) is 11.1. The molecule has 0 aliphatic rings. The number of benzene rings is 7. The van der Waals surface area contributed by atoms with Gasteiger partial charge < -0.3 is 13.9 Å². The predicted molar refractivity (Wildman–Crippen MR) is 222 cm³/mol. The Labute approximate surface area is 311 Å². The van der Waals surface area contributed by atoms with Crippen molar-refractivity contribution in [2.45, 2.75) is 39.2 Å². The van der Waals surface area contributed by atoms with Crippen molar-refractivity contribution in [1.29, 1.82) is 0 Å². The SMILES string of the molecule is CCC(C)(C)c1ccc(C(=O)OCc2ccc3c(c2)c2ccccc2n3-c2ccc(-c3ccc(-n4c5ccccc5c5ccccc54)cc3)cc2)cc1.[HH]. The largest absolute Gasteiger partial charge is 0.457 e. The minimum absolute atomic E-state index is 0. The maximum Gasteiger partial charge on any atom is 0.338 e. The summed E-state index contributed by atoms with van der Waals surface area (Å²) in [6, 6.07) is 57.6. The number of fused-ring (bicyclic) bond motifs is 6. The van der Waals surface area contributed by atoms with Gasteiger partial charge in [0.2, 0.25) is 0 Å². The molecule has 0 radical (unpaired) electrons. The van der Waals surface area contributed by atoms with E-state index < -0.39 is 0 Å². The fraction of sp³-hybridized carbons (Fsp3) is 0.122. The van der Waals surface area contributed by atoms with Gasteiger partial charge in [0.1, 0.15) is 6.61 Å². The number of esters is 1. The third-order valence-electron chi connectivity index (χ3n) is 11.1. The lowest BCUT2D eigenvalue weighted by molar-refractivity contribution is 0.0473. The van der Waals surface area contributed by atoms with Crippen LogP contribution in [0.2, 0.25) is 0 Å². The third kappa shape index (κ3) is 5.68. The first kappa shape index (κ1) is 32.5. The van der Waals surface area contributed by atoms with E-state index in [-0.39, 0.29) is 19.4 Å². The van der Waals surface area contributed by atoms with E-state index in [1.165, 1.54) is 32.9 Å². The van der Waals surface area contributed by atoms with E-state index in [0.29, 0.717) is 5.56 Å². The van der Waals surface area contributed by atoms with E-state index in [1.807, 2.05) is 24.3 Å². The van der Waals surface area contributed by atoms with Crippen LogP contribution in [0, 0.1) is 0 Å². The molecular formula is C49H42N2O2. The van der Waals surface area contributed by atoms with Crippen LogP contribution in [0.3, 0.4) is 0 Å². The van der Waals surface area contributed by atoms with Gasteiger partial charge in [0.25, 0.3) is 0 Å². The molecule has 0 aliphatic heterocycles.